The number of ether oxygens (including phenoxy) is 1. The summed E-state index contributed by atoms with van der Waals surface area (Å²) in [7, 11) is 0. The minimum absolute atomic E-state index is 0.141. The number of hydrogen-bond donors (Lipinski definition) is 1. The van der Waals surface area contributed by atoms with E-state index in [-0.39, 0.29) is 6.10 Å². The van der Waals surface area contributed by atoms with E-state index >= 15 is 0 Å². The van der Waals surface area contributed by atoms with Gasteiger partial charge in [-0.3, -0.25) is 4.68 Å². The fraction of sp³-hybridized carbons (Fsp3) is 0.727. The molecule has 0 saturated carbocycles. The predicted molar refractivity (Wildman–Crippen MR) is 66.5 cm³/mol. The Morgan fingerprint density at radius 2 is 2.06 bits per heavy atom. The predicted octanol–water partition coefficient (Wildman–Crippen LogP) is 2.05. The van der Waals surface area contributed by atoms with Gasteiger partial charge in [0.1, 0.15) is 0 Å². The first kappa shape index (κ1) is 13.7. The maximum Gasteiger partial charge on any atom is 0.0969 e. The van der Waals surface area contributed by atoms with Crippen LogP contribution in [0, 0.1) is 13.8 Å². The zero-order chi connectivity index (χ0) is 12.3. The zero-order valence-electron chi connectivity index (χ0n) is 10.2. The number of rotatable bonds is 5. The standard InChI is InChI=1S/C11H19BrN2O2/c1-7(2)16-6-10(15)5-14-9(4)11(12)8(3)13-14/h7,10,15H,5-6H2,1-4H3. The summed E-state index contributed by atoms with van der Waals surface area (Å²) in [6.45, 7) is 8.61. The Morgan fingerprint density at radius 1 is 1.44 bits per heavy atom. The molecule has 0 radical (unpaired) electrons. The molecule has 1 aromatic rings. The van der Waals surface area contributed by atoms with E-state index in [9.17, 15) is 5.11 Å². The van der Waals surface area contributed by atoms with Gasteiger partial charge in [0.15, 0.2) is 0 Å². The molecule has 0 aliphatic carbocycles. The Kier molecular flexibility index (Phi) is 4.95. The second kappa shape index (κ2) is 5.80. The Balaban J connectivity index is 2.56. The highest BCUT2D eigenvalue weighted by molar-refractivity contribution is 9.10. The van der Waals surface area contributed by atoms with Gasteiger partial charge >= 0.3 is 0 Å². The maximum atomic E-state index is 9.77. The quantitative estimate of drug-likeness (QED) is 0.903. The van der Waals surface area contributed by atoms with Crippen molar-refractivity contribution in [3.05, 3.63) is 15.9 Å². The van der Waals surface area contributed by atoms with Crippen molar-refractivity contribution < 1.29 is 9.84 Å². The highest BCUT2D eigenvalue weighted by Gasteiger charge is 2.13. The van der Waals surface area contributed by atoms with Crippen LogP contribution < -0.4 is 0 Å². The second-order valence-corrected chi connectivity index (χ2v) is 5.00. The fourth-order valence-corrected chi connectivity index (χ4v) is 1.69. The van der Waals surface area contributed by atoms with Crippen molar-refractivity contribution in [2.45, 2.75) is 46.4 Å². The van der Waals surface area contributed by atoms with Crippen LogP contribution in [0.3, 0.4) is 0 Å². The molecule has 0 spiro atoms. The van der Waals surface area contributed by atoms with Crippen LogP contribution >= 0.6 is 15.9 Å². The molecule has 1 aromatic heterocycles. The van der Waals surface area contributed by atoms with Crippen molar-refractivity contribution in [3.8, 4) is 0 Å². The number of nitrogens with zero attached hydrogens (tertiary/aromatic N) is 2. The third-order valence-electron chi connectivity index (χ3n) is 2.30. The van der Waals surface area contributed by atoms with Gasteiger partial charge in [-0.1, -0.05) is 0 Å². The first-order valence-electron chi connectivity index (χ1n) is 5.41. The first-order chi connectivity index (χ1) is 7.41. The lowest BCUT2D eigenvalue weighted by Crippen LogP contribution is -2.24. The summed E-state index contributed by atoms with van der Waals surface area (Å²) in [6, 6.07) is 0. The average Bonchev–Trinajstić information content (AvgIpc) is 2.43. The van der Waals surface area contributed by atoms with Crippen LogP contribution in [0.25, 0.3) is 0 Å². The Morgan fingerprint density at radius 3 is 2.50 bits per heavy atom. The van der Waals surface area contributed by atoms with Gasteiger partial charge in [0, 0.05) is 5.69 Å². The van der Waals surface area contributed by atoms with Gasteiger partial charge in [-0.25, -0.2) is 0 Å². The summed E-state index contributed by atoms with van der Waals surface area (Å²) >= 11 is 3.46. The first-order valence-corrected chi connectivity index (χ1v) is 6.20. The molecule has 0 bridgehead atoms. The third kappa shape index (κ3) is 3.57. The number of aromatic nitrogens is 2. The van der Waals surface area contributed by atoms with E-state index in [1.165, 1.54) is 0 Å². The molecule has 92 valence electrons. The van der Waals surface area contributed by atoms with Gasteiger partial charge in [0.2, 0.25) is 0 Å². The van der Waals surface area contributed by atoms with Crippen LogP contribution in [0.15, 0.2) is 4.47 Å². The summed E-state index contributed by atoms with van der Waals surface area (Å²) in [4.78, 5) is 0. The topological polar surface area (TPSA) is 47.3 Å². The van der Waals surface area contributed by atoms with Gasteiger partial charge < -0.3 is 9.84 Å². The molecule has 0 aliphatic heterocycles. The van der Waals surface area contributed by atoms with E-state index in [4.69, 9.17) is 4.74 Å². The van der Waals surface area contributed by atoms with Crippen LogP contribution in [0.4, 0.5) is 0 Å². The SMILES string of the molecule is Cc1nn(CC(O)COC(C)C)c(C)c1Br. The van der Waals surface area contributed by atoms with Crippen molar-refractivity contribution in [1.29, 1.82) is 0 Å². The molecule has 1 atom stereocenters. The third-order valence-corrected chi connectivity index (χ3v) is 3.45. The van der Waals surface area contributed by atoms with Crippen LogP contribution in [-0.2, 0) is 11.3 Å². The van der Waals surface area contributed by atoms with E-state index < -0.39 is 6.10 Å². The lowest BCUT2D eigenvalue weighted by Gasteiger charge is -2.14. The highest BCUT2D eigenvalue weighted by Crippen LogP contribution is 2.19. The average molecular weight is 291 g/mol. The van der Waals surface area contributed by atoms with Crippen LogP contribution in [-0.4, -0.2) is 33.7 Å². The summed E-state index contributed by atoms with van der Waals surface area (Å²) in [5.41, 5.74) is 1.97. The second-order valence-electron chi connectivity index (χ2n) is 4.20. The maximum absolute atomic E-state index is 9.77. The lowest BCUT2D eigenvalue weighted by atomic mass is 10.3. The molecule has 0 aliphatic rings. The van der Waals surface area contributed by atoms with Crippen molar-refractivity contribution in [2.24, 2.45) is 0 Å². The smallest absolute Gasteiger partial charge is 0.0969 e. The van der Waals surface area contributed by atoms with Crippen LogP contribution in [0.1, 0.15) is 25.2 Å². The van der Waals surface area contributed by atoms with Gasteiger partial charge in [-0.2, -0.15) is 5.10 Å². The van der Waals surface area contributed by atoms with E-state index in [1.54, 1.807) is 4.68 Å². The van der Waals surface area contributed by atoms with Gasteiger partial charge in [-0.15, -0.1) is 0 Å². The molecule has 0 amide bonds. The summed E-state index contributed by atoms with van der Waals surface area (Å²) < 4.78 is 8.15. The molecule has 0 aromatic carbocycles. The molecule has 1 N–H and O–H groups in total. The lowest BCUT2D eigenvalue weighted by molar-refractivity contribution is -0.00227. The van der Waals surface area contributed by atoms with Crippen molar-refractivity contribution >= 4 is 15.9 Å². The minimum atomic E-state index is -0.521. The van der Waals surface area contributed by atoms with E-state index in [0.29, 0.717) is 13.2 Å². The number of hydrogen-bond acceptors (Lipinski definition) is 3. The molecule has 16 heavy (non-hydrogen) atoms. The van der Waals surface area contributed by atoms with E-state index in [2.05, 4.69) is 21.0 Å². The molecule has 1 heterocycles. The molecule has 1 unspecified atom stereocenters. The normalized spacial score (nSPS) is 13.4. The molecule has 0 fully saturated rings. The Hall–Kier alpha value is -0.390. The molecular formula is C11H19BrN2O2. The van der Waals surface area contributed by atoms with Crippen LogP contribution in [0.2, 0.25) is 0 Å². The fourth-order valence-electron chi connectivity index (χ4n) is 1.41. The number of aryl methyl sites for hydroxylation is 1. The van der Waals surface area contributed by atoms with E-state index in [1.807, 2.05) is 27.7 Å². The molecule has 1 rings (SSSR count). The van der Waals surface area contributed by atoms with Gasteiger partial charge in [0.05, 0.1) is 35.5 Å². The summed E-state index contributed by atoms with van der Waals surface area (Å²) in [5, 5.41) is 14.1. The van der Waals surface area contributed by atoms with Crippen molar-refractivity contribution in [1.82, 2.24) is 9.78 Å². The van der Waals surface area contributed by atoms with Gasteiger partial charge in [-0.05, 0) is 43.6 Å². The Labute approximate surface area is 105 Å². The molecule has 0 saturated heterocycles. The monoisotopic (exact) mass is 290 g/mol. The number of aliphatic hydroxyl groups is 1. The largest absolute Gasteiger partial charge is 0.389 e. The molecule has 5 heteroatoms. The summed E-state index contributed by atoms with van der Waals surface area (Å²) in [5.74, 6) is 0. The molecule has 4 nitrogen and oxygen atoms in total. The van der Waals surface area contributed by atoms with Gasteiger partial charge in [0.25, 0.3) is 0 Å². The van der Waals surface area contributed by atoms with Crippen molar-refractivity contribution in [3.63, 3.8) is 0 Å². The van der Waals surface area contributed by atoms with Crippen LogP contribution in [0.5, 0.6) is 0 Å². The number of aliphatic hydroxyl groups excluding tert-OH is 1. The number of halogens is 1. The summed E-state index contributed by atoms with van der Waals surface area (Å²) in [6.07, 6.45) is -0.380. The highest BCUT2D eigenvalue weighted by atomic mass is 79.9. The minimum Gasteiger partial charge on any atom is -0.389 e. The van der Waals surface area contributed by atoms with Crippen molar-refractivity contribution in [2.75, 3.05) is 6.61 Å². The Bertz CT molecular complexity index is 350. The zero-order valence-corrected chi connectivity index (χ0v) is 11.8. The van der Waals surface area contributed by atoms with E-state index in [0.717, 1.165) is 15.9 Å². The molecular weight excluding hydrogens is 272 g/mol.